The summed E-state index contributed by atoms with van der Waals surface area (Å²) in [5.41, 5.74) is 0. The molecule has 0 aromatic carbocycles. The summed E-state index contributed by atoms with van der Waals surface area (Å²) in [6, 6.07) is 0. The lowest BCUT2D eigenvalue weighted by Gasteiger charge is -2.18. The Morgan fingerprint density at radius 3 is 2.72 bits per heavy atom. The minimum Gasteiger partial charge on any atom is -0.462 e. The summed E-state index contributed by atoms with van der Waals surface area (Å²) in [6.07, 6.45) is 9.71. The number of aliphatic hydroxyl groups excluding tert-OH is 1. The number of hydrogen-bond donors (Lipinski definition) is 1. The topological polar surface area (TPSA) is 46.5 Å². The van der Waals surface area contributed by atoms with E-state index in [9.17, 15) is 9.90 Å². The van der Waals surface area contributed by atoms with Crippen molar-refractivity contribution in [3.05, 3.63) is 0 Å². The third-order valence-electron chi connectivity index (χ3n) is 4.57. The van der Waals surface area contributed by atoms with Gasteiger partial charge in [0, 0.05) is 12.3 Å². The maximum absolute atomic E-state index is 11.3. The molecule has 2 rings (SSSR count). The van der Waals surface area contributed by atoms with E-state index in [1.54, 1.807) is 0 Å². The van der Waals surface area contributed by atoms with E-state index in [1.807, 2.05) is 0 Å². The van der Waals surface area contributed by atoms with Crippen LogP contribution in [-0.4, -0.2) is 23.3 Å². The molecule has 0 aromatic rings. The van der Waals surface area contributed by atoms with Crippen LogP contribution in [0.2, 0.25) is 0 Å². The van der Waals surface area contributed by atoms with Crippen molar-refractivity contribution in [1.29, 1.82) is 0 Å². The molecule has 3 heteroatoms. The zero-order valence-electron chi connectivity index (χ0n) is 11.4. The summed E-state index contributed by atoms with van der Waals surface area (Å²) < 4.78 is 5.25. The van der Waals surface area contributed by atoms with Gasteiger partial charge in [0.25, 0.3) is 0 Å². The van der Waals surface area contributed by atoms with Crippen LogP contribution in [0.3, 0.4) is 0 Å². The first-order valence-corrected chi connectivity index (χ1v) is 7.60. The number of fused-ring (bicyclic) bond motifs is 1. The summed E-state index contributed by atoms with van der Waals surface area (Å²) in [5.74, 6) is 0.528. The Morgan fingerprint density at radius 1 is 1.22 bits per heavy atom. The molecule has 0 aromatic heterocycles. The van der Waals surface area contributed by atoms with Crippen LogP contribution in [0.5, 0.6) is 0 Å². The predicted octanol–water partition coefficient (Wildman–Crippen LogP) is 3.05. The van der Waals surface area contributed by atoms with Gasteiger partial charge in [-0.05, 0) is 12.3 Å². The number of ether oxygens (including phenoxy) is 1. The van der Waals surface area contributed by atoms with Crippen LogP contribution in [0.15, 0.2) is 0 Å². The maximum atomic E-state index is 11.3. The minimum absolute atomic E-state index is 0.0117. The Morgan fingerprint density at radius 2 is 1.94 bits per heavy atom. The van der Waals surface area contributed by atoms with Gasteiger partial charge in [0.05, 0.1) is 12.5 Å². The highest BCUT2D eigenvalue weighted by Crippen LogP contribution is 2.43. The van der Waals surface area contributed by atoms with Gasteiger partial charge in [-0.3, -0.25) is 4.79 Å². The van der Waals surface area contributed by atoms with Crippen LogP contribution in [0.1, 0.15) is 64.7 Å². The van der Waals surface area contributed by atoms with Crippen LogP contribution in [0.25, 0.3) is 0 Å². The SMILES string of the molecule is CCCCCCCCC1C(O)CC2OC(=O)CC21. The molecular formula is C15H26O3. The summed E-state index contributed by atoms with van der Waals surface area (Å²) in [7, 11) is 0. The first kappa shape index (κ1) is 13.9. The first-order chi connectivity index (χ1) is 8.72. The molecule has 3 nitrogen and oxygen atoms in total. The van der Waals surface area contributed by atoms with E-state index < -0.39 is 0 Å². The second-order valence-electron chi connectivity index (χ2n) is 5.92. The van der Waals surface area contributed by atoms with Gasteiger partial charge in [-0.25, -0.2) is 0 Å². The molecule has 4 atom stereocenters. The molecule has 2 aliphatic rings. The third-order valence-corrected chi connectivity index (χ3v) is 4.57. The molecule has 1 aliphatic carbocycles. The highest BCUT2D eigenvalue weighted by Gasteiger charge is 2.48. The minimum atomic E-state index is -0.247. The highest BCUT2D eigenvalue weighted by molar-refractivity contribution is 5.72. The van der Waals surface area contributed by atoms with Gasteiger partial charge < -0.3 is 9.84 Å². The Labute approximate surface area is 110 Å². The van der Waals surface area contributed by atoms with Crippen molar-refractivity contribution in [2.45, 2.75) is 76.9 Å². The monoisotopic (exact) mass is 254 g/mol. The average molecular weight is 254 g/mol. The second kappa shape index (κ2) is 6.55. The second-order valence-corrected chi connectivity index (χ2v) is 5.92. The molecule has 0 radical (unpaired) electrons. The van der Waals surface area contributed by atoms with Crippen LogP contribution >= 0.6 is 0 Å². The fourth-order valence-corrected chi connectivity index (χ4v) is 3.54. The van der Waals surface area contributed by atoms with Gasteiger partial charge in [0.1, 0.15) is 6.10 Å². The van der Waals surface area contributed by atoms with Crippen molar-refractivity contribution < 1.29 is 14.6 Å². The molecule has 1 N–H and O–H groups in total. The first-order valence-electron chi connectivity index (χ1n) is 7.60. The largest absolute Gasteiger partial charge is 0.462 e. The lowest BCUT2D eigenvalue weighted by Crippen LogP contribution is -2.19. The van der Waals surface area contributed by atoms with Crippen LogP contribution in [0, 0.1) is 11.8 Å². The molecule has 2 fully saturated rings. The molecular weight excluding hydrogens is 228 g/mol. The van der Waals surface area contributed by atoms with Crippen molar-refractivity contribution >= 4 is 5.97 Å². The number of unbranched alkanes of at least 4 members (excludes halogenated alkanes) is 5. The Balaban J connectivity index is 1.67. The van der Waals surface area contributed by atoms with Gasteiger partial charge >= 0.3 is 5.97 Å². The van der Waals surface area contributed by atoms with Gasteiger partial charge in [-0.15, -0.1) is 0 Å². The fraction of sp³-hybridized carbons (Fsp3) is 0.933. The average Bonchev–Trinajstić information content (AvgIpc) is 2.80. The lowest BCUT2D eigenvalue weighted by atomic mass is 9.87. The van der Waals surface area contributed by atoms with Crippen LogP contribution in [-0.2, 0) is 9.53 Å². The number of aliphatic hydroxyl groups is 1. The standard InChI is InChI=1S/C15H26O3/c1-2-3-4-5-6-7-8-11-12-9-15(17)18-14(12)10-13(11)16/h11-14,16H,2-10H2,1H3. The van der Waals surface area contributed by atoms with Gasteiger partial charge in [-0.2, -0.15) is 0 Å². The molecule has 1 saturated heterocycles. The molecule has 104 valence electrons. The van der Waals surface area contributed by atoms with E-state index in [0.717, 1.165) is 6.42 Å². The molecule has 1 aliphatic heterocycles. The van der Waals surface area contributed by atoms with E-state index in [4.69, 9.17) is 4.74 Å². The van der Waals surface area contributed by atoms with E-state index in [0.29, 0.717) is 24.7 Å². The fourth-order valence-electron chi connectivity index (χ4n) is 3.54. The Bertz CT molecular complexity index is 277. The summed E-state index contributed by atoms with van der Waals surface area (Å²) >= 11 is 0. The number of rotatable bonds is 7. The summed E-state index contributed by atoms with van der Waals surface area (Å²) in [6.45, 7) is 2.23. The molecule has 18 heavy (non-hydrogen) atoms. The molecule has 1 heterocycles. The predicted molar refractivity (Wildman–Crippen MR) is 70.1 cm³/mol. The van der Waals surface area contributed by atoms with Crippen molar-refractivity contribution in [2.24, 2.45) is 11.8 Å². The molecule has 0 amide bonds. The van der Waals surface area contributed by atoms with E-state index >= 15 is 0 Å². The smallest absolute Gasteiger partial charge is 0.306 e. The zero-order chi connectivity index (χ0) is 13.0. The summed E-state index contributed by atoms with van der Waals surface area (Å²) in [4.78, 5) is 11.3. The molecule has 4 unspecified atom stereocenters. The maximum Gasteiger partial charge on any atom is 0.306 e. The van der Waals surface area contributed by atoms with Crippen LogP contribution < -0.4 is 0 Å². The Hall–Kier alpha value is -0.570. The van der Waals surface area contributed by atoms with E-state index in [1.165, 1.54) is 38.5 Å². The quantitative estimate of drug-likeness (QED) is 0.561. The van der Waals surface area contributed by atoms with E-state index in [2.05, 4.69) is 6.92 Å². The number of esters is 1. The van der Waals surface area contributed by atoms with Gasteiger partial charge in [0.15, 0.2) is 0 Å². The van der Waals surface area contributed by atoms with Crippen molar-refractivity contribution in [3.63, 3.8) is 0 Å². The van der Waals surface area contributed by atoms with Gasteiger partial charge in [-0.1, -0.05) is 45.4 Å². The third kappa shape index (κ3) is 3.25. The number of carbonyl (C=O) groups is 1. The highest BCUT2D eigenvalue weighted by atomic mass is 16.6. The Kier molecular flexibility index (Phi) is 5.04. The van der Waals surface area contributed by atoms with Crippen LogP contribution in [0.4, 0.5) is 0 Å². The zero-order valence-corrected chi connectivity index (χ0v) is 11.4. The molecule has 1 saturated carbocycles. The number of carbonyl (C=O) groups excluding carboxylic acids is 1. The normalized spacial score (nSPS) is 34.7. The van der Waals surface area contributed by atoms with Crippen molar-refractivity contribution in [2.75, 3.05) is 0 Å². The molecule has 0 spiro atoms. The summed E-state index contributed by atoms with van der Waals surface area (Å²) in [5, 5.41) is 10.0. The number of hydrogen-bond acceptors (Lipinski definition) is 3. The molecule has 0 bridgehead atoms. The van der Waals surface area contributed by atoms with E-state index in [-0.39, 0.29) is 18.2 Å². The van der Waals surface area contributed by atoms with Crippen molar-refractivity contribution in [1.82, 2.24) is 0 Å². The van der Waals surface area contributed by atoms with Crippen molar-refractivity contribution in [3.8, 4) is 0 Å². The lowest BCUT2D eigenvalue weighted by molar-refractivity contribution is -0.141. The van der Waals surface area contributed by atoms with Gasteiger partial charge in [0.2, 0.25) is 0 Å².